The van der Waals surface area contributed by atoms with Crippen LogP contribution in [0.5, 0.6) is 0 Å². The van der Waals surface area contributed by atoms with Crippen LogP contribution in [0.1, 0.15) is 6.92 Å². The van der Waals surface area contributed by atoms with Crippen molar-refractivity contribution in [2.45, 2.75) is 6.92 Å². The molecule has 0 radical (unpaired) electrons. The highest BCUT2D eigenvalue weighted by Crippen LogP contribution is 2.15. The molecule has 0 aromatic carbocycles. The van der Waals surface area contributed by atoms with Gasteiger partial charge in [-0.3, -0.25) is 10.1 Å². The molecule has 4 N–H and O–H groups in total. The van der Waals surface area contributed by atoms with E-state index in [1.54, 1.807) is 6.92 Å². The lowest BCUT2D eigenvalue weighted by atomic mass is 10.1. The Balaban J connectivity index is 2.99. The van der Waals surface area contributed by atoms with Gasteiger partial charge in [0.05, 0.1) is 16.8 Å². The molecule has 0 saturated carbocycles. The summed E-state index contributed by atoms with van der Waals surface area (Å²) in [4.78, 5) is 9.84. The number of dihydropyridines is 1. The van der Waals surface area contributed by atoms with Crippen LogP contribution in [0.4, 0.5) is 0 Å². The molecule has 1 aliphatic rings. The van der Waals surface area contributed by atoms with Crippen molar-refractivity contribution in [2.75, 3.05) is 0 Å². The molecule has 0 saturated heterocycles. The summed E-state index contributed by atoms with van der Waals surface area (Å²) < 4.78 is 0. The van der Waals surface area contributed by atoms with Gasteiger partial charge in [-0.1, -0.05) is 0 Å². The fraction of sp³-hybridized carbons (Fsp3) is 0.143. The third-order valence-electron chi connectivity index (χ3n) is 1.71. The fourth-order valence-electron chi connectivity index (χ4n) is 1.04. The van der Waals surface area contributed by atoms with Gasteiger partial charge in [-0.2, -0.15) is 0 Å². The lowest BCUT2D eigenvalue weighted by Crippen LogP contribution is -2.25. The van der Waals surface area contributed by atoms with Crippen LogP contribution in [0, 0.1) is 15.3 Å². The van der Waals surface area contributed by atoms with E-state index in [1.807, 2.05) is 0 Å². The molecule has 0 aliphatic carbocycles. The molecule has 0 bridgehead atoms. The highest BCUT2D eigenvalue weighted by molar-refractivity contribution is 5.39. The van der Waals surface area contributed by atoms with Gasteiger partial charge in [-0.05, 0) is 12.5 Å². The van der Waals surface area contributed by atoms with Crippen LogP contribution in [-0.2, 0) is 0 Å². The molecule has 0 aromatic heterocycles. The zero-order valence-electron chi connectivity index (χ0n) is 7.40. The van der Waals surface area contributed by atoms with Crippen LogP contribution in [0.25, 0.3) is 0 Å². The first kappa shape index (κ1) is 10.1. The highest BCUT2D eigenvalue weighted by Gasteiger charge is 2.15. The lowest BCUT2D eigenvalue weighted by Gasteiger charge is -2.18. The maximum absolute atomic E-state index is 10.4. The van der Waals surface area contributed by atoms with Gasteiger partial charge in [0.25, 0.3) is 5.70 Å². The first-order chi connectivity index (χ1) is 6.56. The smallest absolute Gasteiger partial charge is 0.285 e. The molecule has 14 heavy (non-hydrogen) atoms. The monoisotopic (exact) mass is 197 g/mol. The van der Waals surface area contributed by atoms with Gasteiger partial charge in [0, 0.05) is 6.08 Å². The zero-order valence-corrected chi connectivity index (χ0v) is 7.40. The number of nitrogens with one attached hydrogen (secondary N) is 2. The minimum Gasteiger partial charge on any atom is -0.760 e. The Bertz CT molecular complexity index is 356. The summed E-state index contributed by atoms with van der Waals surface area (Å²) in [6, 6.07) is 0. The summed E-state index contributed by atoms with van der Waals surface area (Å²) >= 11 is 0. The average molecular weight is 197 g/mol. The quantitative estimate of drug-likeness (QED) is 0.419. The van der Waals surface area contributed by atoms with Crippen molar-refractivity contribution < 1.29 is 4.92 Å². The maximum atomic E-state index is 10.4. The second-order valence-corrected chi connectivity index (χ2v) is 2.69. The van der Waals surface area contributed by atoms with E-state index in [0.717, 1.165) is 0 Å². The van der Waals surface area contributed by atoms with Crippen molar-refractivity contribution in [1.82, 2.24) is 10.8 Å². The highest BCUT2D eigenvalue weighted by atomic mass is 16.6. The van der Waals surface area contributed by atoms with E-state index in [4.69, 9.17) is 5.73 Å². The SMILES string of the molecule is CC1=CC([N+](=O)[O-])=CNC1=C(N)N[O-]. The normalized spacial score (nSPS) is 19.0. The summed E-state index contributed by atoms with van der Waals surface area (Å²) in [5.41, 5.74) is 7.63. The maximum Gasteiger partial charge on any atom is 0.285 e. The minimum absolute atomic E-state index is 0.0788. The average Bonchev–Trinajstić information content (AvgIpc) is 2.16. The minimum atomic E-state index is -0.534. The standard InChI is InChI=1S/C7H9N4O3/c1-4-2-5(11(13)14)3-9-6(4)7(8)10-12/h2-3,9-10H,8H2,1H3/q-1. The number of nitro groups is 1. The molecular formula is C7H9N4O3-. The second kappa shape index (κ2) is 3.79. The Labute approximate surface area is 79.7 Å². The van der Waals surface area contributed by atoms with Crippen molar-refractivity contribution in [1.29, 1.82) is 0 Å². The van der Waals surface area contributed by atoms with E-state index in [0.29, 0.717) is 11.3 Å². The number of hydroxylamine groups is 1. The third-order valence-corrected chi connectivity index (χ3v) is 1.71. The van der Waals surface area contributed by atoms with Crippen molar-refractivity contribution in [3.05, 3.63) is 50.4 Å². The van der Waals surface area contributed by atoms with Gasteiger partial charge in [-0.25, -0.2) is 0 Å². The molecule has 76 valence electrons. The topological polar surface area (TPSA) is 116 Å². The first-order valence-corrected chi connectivity index (χ1v) is 3.74. The summed E-state index contributed by atoms with van der Waals surface area (Å²) in [5.74, 6) is -0.0996. The molecule has 7 nitrogen and oxygen atoms in total. The number of nitrogens with two attached hydrogens (primary N) is 1. The lowest BCUT2D eigenvalue weighted by molar-refractivity contribution is -0.419. The largest absolute Gasteiger partial charge is 0.760 e. The van der Waals surface area contributed by atoms with E-state index < -0.39 is 4.92 Å². The van der Waals surface area contributed by atoms with Crippen LogP contribution in [-0.4, -0.2) is 4.92 Å². The zero-order chi connectivity index (χ0) is 10.7. The van der Waals surface area contributed by atoms with Crippen molar-refractivity contribution in [3.8, 4) is 0 Å². The van der Waals surface area contributed by atoms with Gasteiger partial charge in [0.1, 0.15) is 5.82 Å². The van der Waals surface area contributed by atoms with Gasteiger partial charge in [0.2, 0.25) is 0 Å². The number of nitrogens with zero attached hydrogens (tertiary/aromatic N) is 1. The first-order valence-electron chi connectivity index (χ1n) is 3.74. The number of allylic oxidation sites excluding steroid dienone is 2. The van der Waals surface area contributed by atoms with E-state index in [2.05, 4.69) is 5.32 Å². The molecule has 1 heterocycles. The van der Waals surface area contributed by atoms with Crippen LogP contribution in [0.2, 0.25) is 0 Å². The Kier molecular flexibility index (Phi) is 2.73. The molecular weight excluding hydrogens is 188 g/mol. The predicted octanol–water partition coefficient (Wildman–Crippen LogP) is -0.131. The number of hydrogen-bond donors (Lipinski definition) is 3. The molecule has 1 rings (SSSR count). The van der Waals surface area contributed by atoms with Crippen molar-refractivity contribution in [2.24, 2.45) is 5.73 Å². The van der Waals surface area contributed by atoms with E-state index in [9.17, 15) is 15.3 Å². The molecule has 1 aliphatic heterocycles. The van der Waals surface area contributed by atoms with Crippen LogP contribution < -0.4 is 16.5 Å². The summed E-state index contributed by atoms with van der Waals surface area (Å²) in [5, 5.41) is 23.2. The summed E-state index contributed by atoms with van der Waals surface area (Å²) in [7, 11) is 0. The molecule has 0 spiro atoms. The molecule has 0 amide bonds. The van der Waals surface area contributed by atoms with Crippen molar-refractivity contribution in [3.63, 3.8) is 0 Å². The van der Waals surface area contributed by atoms with E-state index >= 15 is 0 Å². The van der Waals surface area contributed by atoms with Gasteiger partial charge < -0.3 is 21.7 Å². The Morgan fingerprint density at radius 1 is 1.71 bits per heavy atom. The number of rotatable bonds is 2. The Morgan fingerprint density at radius 3 is 2.79 bits per heavy atom. The van der Waals surface area contributed by atoms with Crippen LogP contribution in [0.15, 0.2) is 35.1 Å². The van der Waals surface area contributed by atoms with Gasteiger partial charge in [-0.15, -0.1) is 0 Å². The van der Waals surface area contributed by atoms with Gasteiger partial charge >= 0.3 is 0 Å². The molecule has 0 unspecified atom stereocenters. The van der Waals surface area contributed by atoms with E-state index in [1.165, 1.54) is 17.8 Å². The molecule has 0 atom stereocenters. The second-order valence-electron chi connectivity index (χ2n) is 2.69. The molecule has 0 aromatic rings. The fourth-order valence-corrected chi connectivity index (χ4v) is 1.04. The summed E-state index contributed by atoms with van der Waals surface area (Å²) in [6.07, 6.45) is 2.50. The van der Waals surface area contributed by atoms with E-state index in [-0.39, 0.29) is 11.5 Å². The molecule has 0 fully saturated rings. The molecule has 7 heteroatoms. The van der Waals surface area contributed by atoms with Gasteiger partial charge in [0.15, 0.2) is 0 Å². The van der Waals surface area contributed by atoms with Crippen LogP contribution >= 0.6 is 0 Å². The summed E-state index contributed by atoms with van der Waals surface area (Å²) in [6.45, 7) is 1.61. The Hall–Kier alpha value is -2.02. The Morgan fingerprint density at radius 2 is 2.36 bits per heavy atom. The number of hydrogen-bond acceptors (Lipinski definition) is 6. The third kappa shape index (κ3) is 1.83. The van der Waals surface area contributed by atoms with Crippen molar-refractivity contribution >= 4 is 0 Å². The predicted molar refractivity (Wildman–Crippen MR) is 49.7 cm³/mol. The van der Waals surface area contributed by atoms with Crippen LogP contribution in [0.3, 0.4) is 0 Å².